The maximum absolute atomic E-state index is 12.5. The molecular formula is C41H74NO8P. The average molecular weight is 740 g/mol. The lowest BCUT2D eigenvalue weighted by Crippen LogP contribution is -2.29. The van der Waals surface area contributed by atoms with Crippen LogP contribution >= 0.6 is 7.82 Å². The van der Waals surface area contributed by atoms with Crippen LogP contribution in [0.5, 0.6) is 0 Å². The van der Waals surface area contributed by atoms with Crippen LogP contribution in [0.25, 0.3) is 0 Å². The van der Waals surface area contributed by atoms with E-state index < -0.39 is 32.5 Å². The summed E-state index contributed by atoms with van der Waals surface area (Å²) in [6, 6.07) is 0. The lowest BCUT2D eigenvalue weighted by molar-refractivity contribution is -0.161. The van der Waals surface area contributed by atoms with E-state index in [9.17, 15) is 19.0 Å². The smallest absolute Gasteiger partial charge is 0.462 e. The maximum Gasteiger partial charge on any atom is 0.472 e. The fourth-order valence-corrected chi connectivity index (χ4v) is 6.00. The first-order chi connectivity index (χ1) is 24.8. The van der Waals surface area contributed by atoms with Crippen molar-refractivity contribution >= 4 is 19.8 Å². The van der Waals surface area contributed by atoms with Crippen LogP contribution in [0.2, 0.25) is 0 Å². The zero-order valence-corrected chi connectivity index (χ0v) is 33.2. The van der Waals surface area contributed by atoms with Crippen molar-refractivity contribution in [3.63, 3.8) is 0 Å². The molecule has 0 aliphatic heterocycles. The topological polar surface area (TPSA) is 134 Å². The standard InChI is InChI=1S/C41H74NO8P/c1-3-5-7-9-11-13-15-17-19-21-23-25-27-29-31-33-40(43)47-37-39(38-49-51(45,46)48-36-35-42)50-41(44)34-32-30-28-26-24-22-20-18-16-14-12-10-8-6-4-2/h5,7,11,13,17-20,39H,3-4,6,8-10,12,14-16,21-38,42H2,1-2H3,(H,45,46). The van der Waals surface area contributed by atoms with Gasteiger partial charge in [0.2, 0.25) is 0 Å². The van der Waals surface area contributed by atoms with Crippen molar-refractivity contribution in [1.82, 2.24) is 0 Å². The molecule has 0 aromatic rings. The number of hydrogen-bond acceptors (Lipinski definition) is 8. The van der Waals surface area contributed by atoms with Crippen molar-refractivity contribution in [2.24, 2.45) is 5.73 Å². The van der Waals surface area contributed by atoms with Crippen LogP contribution in [-0.2, 0) is 32.7 Å². The molecule has 0 saturated carbocycles. The van der Waals surface area contributed by atoms with Crippen LogP contribution < -0.4 is 5.73 Å². The van der Waals surface area contributed by atoms with Crippen molar-refractivity contribution in [2.45, 2.75) is 174 Å². The quantitative estimate of drug-likeness (QED) is 0.0276. The Morgan fingerprint density at radius 2 is 1.08 bits per heavy atom. The minimum Gasteiger partial charge on any atom is -0.462 e. The number of esters is 2. The predicted octanol–water partition coefficient (Wildman–Crippen LogP) is 11.2. The monoisotopic (exact) mass is 740 g/mol. The summed E-state index contributed by atoms with van der Waals surface area (Å²) in [6.07, 6.45) is 41.4. The number of phosphoric acid groups is 1. The molecule has 0 heterocycles. The Hall–Kier alpha value is -2.03. The Bertz CT molecular complexity index is 981. The Morgan fingerprint density at radius 1 is 0.608 bits per heavy atom. The Kier molecular flexibility index (Phi) is 36.2. The molecule has 0 fully saturated rings. The molecule has 0 saturated heterocycles. The number of nitrogens with two attached hydrogens (primary N) is 1. The van der Waals surface area contributed by atoms with Crippen molar-refractivity contribution in [1.29, 1.82) is 0 Å². The predicted molar refractivity (Wildman–Crippen MR) is 210 cm³/mol. The zero-order chi connectivity index (χ0) is 37.5. The van der Waals surface area contributed by atoms with E-state index in [1.807, 2.05) is 0 Å². The highest BCUT2D eigenvalue weighted by molar-refractivity contribution is 7.47. The van der Waals surface area contributed by atoms with Gasteiger partial charge >= 0.3 is 19.8 Å². The van der Waals surface area contributed by atoms with Crippen LogP contribution in [0.4, 0.5) is 0 Å². The summed E-state index contributed by atoms with van der Waals surface area (Å²) < 4.78 is 32.7. The van der Waals surface area contributed by atoms with Gasteiger partial charge in [-0.05, 0) is 70.6 Å². The molecule has 0 radical (unpaired) electrons. The van der Waals surface area contributed by atoms with E-state index >= 15 is 0 Å². The highest BCUT2D eigenvalue weighted by Crippen LogP contribution is 2.43. The van der Waals surface area contributed by atoms with Crippen molar-refractivity contribution in [3.8, 4) is 0 Å². The molecule has 9 nitrogen and oxygen atoms in total. The van der Waals surface area contributed by atoms with Gasteiger partial charge in [0.15, 0.2) is 6.10 Å². The number of unbranched alkanes of at least 4 members (excludes halogenated alkanes) is 16. The fraction of sp³-hybridized carbons (Fsp3) is 0.756. The molecule has 0 aromatic carbocycles. The van der Waals surface area contributed by atoms with Gasteiger partial charge in [-0.3, -0.25) is 18.6 Å². The summed E-state index contributed by atoms with van der Waals surface area (Å²) in [7, 11) is -4.38. The molecular weight excluding hydrogens is 665 g/mol. The second kappa shape index (κ2) is 37.7. The van der Waals surface area contributed by atoms with Gasteiger partial charge in [-0.25, -0.2) is 4.57 Å². The molecule has 0 aliphatic rings. The Balaban J connectivity index is 4.24. The summed E-state index contributed by atoms with van der Waals surface area (Å²) in [6.45, 7) is 3.57. The van der Waals surface area contributed by atoms with E-state index in [1.165, 1.54) is 44.9 Å². The molecule has 51 heavy (non-hydrogen) atoms. The van der Waals surface area contributed by atoms with Crippen LogP contribution in [0.3, 0.4) is 0 Å². The van der Waals surface area contributed by atoms with Crippen molar-refractivity contribution in [2.75, 3.05) is 26.4 Å². The molecule has 0 bridgehead atoms. The van der Waals surface area contributed by atoms with Crippen molar-refractivity contribution in [3.05, 3.63) is 48.6 Å². The summed E-state index contributed by atoms with van der Waals surface area (Å²) in [5.41, 5.74) is 5.33. The highest BCUT2D eigenvalue weighted by atomic mass is 31.2. The molecule has 0 spiro atoms. The number of carbonyl (C=O) groups is 2. The third kappa shape index (κ3) is 37.5. The molecule has 0 aliphatic carbocycles. The van der Waals surface area contributed by atoms with Crippen LogP contribution in [-0.4, -0.2) is 49.3 Å². The van der Waals surface area contributed by atoms with E-state index in [0.717, 1.165) is 83.5 Å². The summed E-state index contributed by atoms with van der Waals surface area (Å²) >= 11 is 0. The van der Waals surface area contributed by atoms with Gasteiger partial charge in [0.05, 0.1) is 13.2 Å². The molecule has 2 unspecified atom stereocenters. The number of allylic oxidation sites excluding steroid dienone is 8. The second-order valence-corrected chi connectivity index (χ2v) is 14.6. The van der Waals surface area contributed by atoms with Crippen LogP contribution in [0, 0.1) is 0 Å². The number of hydrogen-bond donors (Lipinski definition) is 2. The zero-order valence-electron chi connectivity index (χ0n) is 32.3. The normalized spacial score (nSPS) is 13.9. The number of rotatable bonds is 37. The molecule has 3 N–H and O–H groups in total. The Morgan fingerprint density at radius 3 is 1.63 bits per heavy atom. The van der Waals surface area contributed by atoms with Gasteiger partial charge in [-0.1, -0.05) is 133 Å². The molecule has 10 heteroatoms. The molecule has 0 amide bonds. The SMILES string of the molecule is CCC=CCC=CCC=CCCCCCCCC(=O)OCC(COP(=O)(O)OCCN)OC(=O)CCCCCCCC=CCCCCCCCC. The fourth-order valence-electron chi connectivity index (χ4n) is 5.23. The number of phosphoric ester groups is 1. The lowest BCUT2D eigenvalue weighted by atomic mass is 10.1. The van der Waals surface area contributed by atoms with Gasteiger partial charge < -0.3 is 20.1 Å². The van der Waals surface area contributed by atoms with E-state index in [4.69, 9.17) is 24.3 Å². The highest BCUT2D eigenvalue weighted by Gasteiger charge is 2.25. The van der Waals surface area contributed by atoms with E-state index in [0.29, 0.717) is 12.8 Å². The summed E-state index contributed by atoms with van der Waals surface area (Å²) in [5.74, 6) is -0.861. The van der Waals surface area contributed by atoms with Gasteiger partial charge in [-0.2, -0.15) is 0 Å². The first-order valence-electron chi connectivity index (χ1n) is 20.1. The van der Waals surface area contributed by atoms with E-state index in [2.05, 4.69) is 62.5 Å². The molecule has 0 aromatic heterocycles. The molecule has 2 atom stereocenters. The van der Waals surface area contributed by atoms with Crippen LogP contribution in [0.1, 0.15) is 168 Å². The van der Waals surface area contributed by atoms with Crippen LogP contribution in [0.15, 0.2) is 48.6 Å². The lowest BCUT2D eigenvalue weighted by Gasteiger charge is -2.19. The maximum atomic E-state index is 12.5. The van der Waals surface area contributed by atoms with Gasteiger partial charge in [-0.15, -0.1) is 0 Å². The second-order valence-electron chi connectivity index (χ2n) is 13.1. The minimum absolute atomic E-state index is 0.0480. The van der Waals surface area contributed by atoms with Gasteiger partial charge in [0.25, 0.3) is 0 Å². The van der Waals surface area contributed by atoms with E-state index in [-0.39, 0.29) is 32.6 Å². The third-order valence-electron chi connectivity index (χ3n) is 8.20. The number of ether oxygens (including phenoxy) is 2. The summed E-state index contributed by atoms with van der Waals surface area (Å²) in [5, 5.41) is 0. The minimum atomic E-state index is -4.38. The van der Waals surface area contributed by atoms with E-state index in [1.54, 1.807) is 0 Å². The van der Waals surface area contributed by atoms with Crippen molar-refractivity contribution < 1.29 is 37.6 Å². The first-order valence-corrected chi connectivity index (χ1v) is 21.6. The summed E-state index contributed by atoms with van der Waals surface area (Å²) in [4.78, 5) is 34.8. The van der Waals surface area contributed by atoms with Gasteiger partial charge in [0.1, 0.15) is 6.61 Å². The first kappa shape index (κ1) is 49.0. The number of carbonyl (C=O) groups excluding carboxylic acids is 2. The average Bonchev–Trinajstić information content (AvgIpc) is 3.11. The molecule has 296 valence electrons. The van der Waals surface area contributed by atoms with Gasteiger partial charge in [0, 0.05) is 19.4 Å². The third-order valence-corrected chi connectivity index (χ3v) is 9.18. The Labute approximate surface area is 311 Å². The molecule has 0 rings (SSSR count). The largest absolute Gasteiger partial charge is 0.472 e.